The molecule has 0 atom stereocenters. The number of aromatic nitrogens is 1. The van der Waals surface area contributed by atoms with Crippen LogP contribution in [0.2, 0.25) is 0 Å². The number of likely N-dealkylation sites (N-methyl/N-ethyl adjacent to an activating group) is 1. The highest BCUT2D eigenvalue weighted by Gasteiger charge is 2.22. The first-order chi connectivity index (χ1) is 12.2. The number of pyridine rings is 1. The van der Waals surface area contributed by atoms with Crippen LogP contribution in [-0.2, 0) is 0 Å². The Bertz CT molecular complexity index is 794. The van der Waals surface area contributed by atoms with Crippen molar-refractivity contribution in [2.75, 3.05) is 44.7 Å². The van der Waals surface area contributed by atoms with Gasteiger partial charge in [-0.2, -0.15) is 0 Å². The third-order valence-electron chi connectivity index (χ3n) is 4.77. The van der Waals surface area contributed by atoms with Crippen LogP contribution in [-0.4, -0.2) is 55.4 Å². The monoisotopic (exact) mass is 336 g/mol. The van der Waals surface area contributed by atoms with Gasteiger partial charge < -0.3 is 14.5 Å². The Labute approximate surface area is 149 Å². The van der Waals surface area contributed by atoms with E-state index >= 15 is 0 Å². The second kappa shape index (κ2) is 6.84. The van der Waals surface area contributed by atoms with Gasteiger partial charge in [-0.3, -0.25) is 0 Å². The van der Waals surface area contributed by atoms with Gasteiger partial charge in [-0.25, -0.2) is 9.98 Å². The van der Waals surface area contributed by atoms with E-state index < -0.39 is 0 Å². The number of fused-ring (bicyclic) bond motifs is 1. The lowest BCUT2D eigenvalue weighted by Gasteiger charge is -2.33. The molecule has 0 saturated carbocycles. The van der Waals surface area contributed by atoms with Gasteiger partial charge in [-0.05, 0) is 43.8 Å². The molecule has 4 rings (SSSR count). The molecule has 0 radical (unpaired) electrons. The number of benzene rings is 1. The lowest BCUT2D eigenvalue weighted by atomic mass is 9.96. The quantitative estimate of drug-likeness (QED) is 0.718. The second-order valence-corrected chi connectivity index (χ2v) is 6.68. The summed E-state index contributed by atoms with van der Waals surface area (Å²) in [6.45, 7) is 7.05. The van der Waals surface area contributed by atoms with E-state index in [4.69, 9.17) is 4.74 Å². The fraction of sp³-hybridized carbons (Fsp3) is 0.400. The molecule has 3 heterocycles. The van der Waals surface area contributed by atoms with Crippen molar-refractivity contribution in [1.82, 2.24) is 9.88 Å². The molecule has 5 nitrogen and oxygen atoms in total. The van der Waals surface area contributed by atoms with Gasteiger partial charge in [0.2, 0.25) is 0 Å². The fourth-order valence-corrected chi connectivity index (χ4v) is 3.23. The predicted molar refractivity (Wildman–Crippen MR) is 101 cm³/mol. The number of ether oxygens (including phenoxy) is 1. The summed E-state index contributed by atoms with van der Waals surface area (Å²) in [7, 11) is 2.17. The van der Waals surface area contributed by atoms with E-state index in [1.807, 2.05) is 24.4 Å². The minimum atomic E-state index is 0.744. The maximum atomic E-state index is 5.76. The number of piperazine rings is 1. The molecule has 2 aliphatic heterocycles. The van der Waals surface area contributed by atoms with Crippen LogP contribution >= 0.6 is 0 Å². The van der Waals surface area contributed by atoms with Gasteiger partial charge in [0, 0.05) is 43.5 Å². The molecule has 0 amide bonds. The Kier molecular flexibility index (Phi) is 4.40. The molecule has 0 aliphatic carbocycles. The zero-order chi connectivity index (χ0) is 17.2. The average Bonchev–Trinajstić information content (AvgIpc) is 2.62. The van der Waals surface area contributed by atoms with E-state index in [0.717, 1.165) is 67.7 Å². The first-order valence-corrected chi connectivity index (χ1v) is 9.00. The summed E-state index contributed by atoms with van der Waals surface area (Å²) in [5.41, 5.74) is 4.37. The fourth-order valence-electron chi connectivity index (χ4n) is 3.23. The van der Waals surface area contributed by atoms with Gasteiger partial charge in [0.05, 0.1) is 18.0 Å². The van der Waals surface area contributed by atoms with Crippen LogP contribution in [0.5, 0.6) is 5.75 Å². The first kappa shape index (κ1) is 16.1. The van der Waals surface area contributed by atoms with Gasteiger partial charge >= 0.3 is 0 Å². The number of anilines is 1. The van der Waals surface area contributed by atoms with Crippen LogP contribution in [0.3, 0.4) is 0 Å². The summed E-state index contributed by atoms with van der Waals surface area (Å²) < 4.78 is 5.76. The van der Waals surface area contributed by atoms with E-state index in [-0.39, 0.29) is 0 Å². The van der Waals surface area contributed by atoms with Crippen molar-refractivity contribution in [1.29, 1.82) is 0 Å². The van der Waals surface area contributed by atoms with Crippen molar-refractivity contribution in [3.8, 4) is 5.75 Å². The summed E-state index contributed by atoms with van der Waals surface area (Å²) in [6.07, 6.45) is 2.90. The number of hydrogen-bond acceptors (Lipinski definition) is 5. The van der Waals surface area contributed by atoms with Gasteiger partial charge in [-0.15, -0.1) is 0 Å². The van der Waals surface area contributed by atoms with E-state index in [1.165, 1.54) is 5.56 Å². The van der Waals surface area contributed by atoms with Crippen molar-refractivity contribution in [2.24, 2.45) is 4.99 Å². The Morgan fingerprint density at radius 2 is 1.92 bits per heavy atom. The summed E-state index contributed by atoms with van der Waals surface area (Å²) in [5.74, 6) is 1.96. The van der Waals surface area contributed by atoms with Crippen molar-refractivity contribution >= 4 is 17.2 Å². The van der Waals surface area contributed by atoms with Crippen molar-refractivity contribution < 1.29 is 4.74 Å². The topological polar surface area (TPSA) is 41.0 Å². The smallest absolute Gasteiger partial charge is 0.129 e. The standard InChI is InChI=1S/C20H24N4O/c1-3-12-25-16-4-5-18-17(14-16)20(22-18)15-6-7-21-19(13-15)24-10-8-23(2)9-11-24/h4-7,13-14H,3,8-12H2,1-2H3. The molecule has 1 aromatic heterocycles. The summed E-state index contributed by atoms with van der Waals surface area (Å²) in [6, 6.07) is 10.3. The number of aliphatic imine (C=N–C) groups is 1. The summed E-state index contributed by atoms with van der Waals surface area (Å²) >= 11 is 0. The highest BCUT2D eigenvalue weighted by atomic mass is 16.5. The first-order valence-electron chi connectivity index (χ1n) is 9.00. The molecule has 2 aromatic rings. The van der Waals surface area contributed by atoms with Crippen molar-refractivity contribution in [3.05, 3.63) is 47.7 Å². The molecule has 0 N–H and O–H groups in total. The molecule has 1 aromatic carbocycles. The van der Waals surface area contributed by atoms with Crippen LogP contribution in [0.4, 0.5) is 11.5 Å². The Morgan fingerprint density at radius 3 is 2.72 bits per heavy atom. The number of nitrogens with zero attached hydrogens (tertiary/aromatic N) is 4. The Balaban J connectivity index is 1.54. The molecular formula is C20H24N4O. The molecule has 0 spiro atoms. The van der Waals surface area contributed by atoms with E-state index in [1.54, 1.807) is 0 Å². The van der Waals surface area contributed by atoms with Gasteiger partial charge in [0.1, 0.15) is 11.6 Å². The largest absolute Gasteiger partial charge is 0.494 e. The van der Waals surface area contributed by atoms with Crippen LogP contribution in [0.25, 0.3) is 0 Å². The molecule has 25 heavy (non-hydrogen) atoms. The Hall–Kier alpha value is -2.40. The molecule has 0 bridgehead atoms. The summed E-state index contributed by atoms with van der Waals surface area (Å²) in [5, 5.41) is 0. The zero-order valence-electron chi connectivity index (χ0n) is 14.9. The minimum absolute atomic E-state index is 0.744. The van der Waals surface area contributed by atoms with Gasteiger partial charge in [0.15, 0.2) is 0 Å². The number of rotatable bonds is 5. The second-order valence-electron chi connectivity index (χ2n) is 6.68. The maximum absolute atomic E-state index is 5.76. The lowest BCUT2D eigenvalue weighted by molar-refractivity contribution is 0.312. The predicted octanol–water partition coefficient (Wildman–Crippen LogP) is 3.10. The van der Waals surface area contributed by atoms with Crippen molar-refractivity contribution in [3.63, 3.8) is 0 Å². The maximum Gasteiger partial charge on any atom is 0.129 e. The van der Waals surface area contributed by atoms with Crippen LogP contribution in [0, 0.1) is 0 Å². The molecule has 1 fully saturated rings. The van der Waals surface area contributed by atoms with Gasteiger partial charge in [0.25, 0.3) is 0 Å². The van der Waals surface area contributed by atoms with Crippen LogP contribution < -0.4 is 9.64 Å². The Morgan fingerprint density at radius 1 is 1.08 bits per heavy atom. The van der Waals surface area contributed by atoms with E-state index in [9.17, 15) is 0 Å². The SMILES string of the molecule is CCCOc1ccc2c(c1)C(c1ccnc(N3CCN(C)CC3)c1)=N2. The zero-order valence-corrected chi connectivity index (χ0v) is 14.9. The number of hydrogen-bond donors (Lipinski definition) is 0. The van der Waals surface area contributed by atoms with Crippen LogP contribution in [0.15, 0.2) is 41.5 Å². The molecular weight excluding hydrogens is 312 g/mol. The normalized spacial score (nSPS) is 16.9. The highest BCUT2D eigenvalue weighted by Crippen LogP contribution is 2.36. The molecule has 1 saturated heterocycles. The third kappa shape index (κ3) is 3.24. The minimum Gasteiger partial charge on any atom is -0.494 e. The molecule has 2 aliphatic rings. The van der Waals surface area contributed by atoms with Gasteiger partial charge in [-0.1, -0.05) is 6.92 Å². The van der Waals surface area contributed by atoms with Crippen molar-refractivity contribution in [2.45, 2.75) is 13.3 Å². The molecule has 130 valence electrons. The summed E-state index contributed by atoms with van der Waals surface area (Å²) in [4.78, 5) is 14.0. The van der Waals surface area contributed by atoms with E-state index in [2.05, 4.69) is 45.9 Å². The van der Waals surface area contributed by atoms with Crippen LogP contribution in [0.1, 0.15) is 24.5 Å². The third-order valence-corrected chi connectivity index (χ3v) is 4.77. The lowest BCUT2D eigenvalue weighted by Crippen LogP contribution is -2.44. The molecule has 5 heteroatoms. The van der Waals surface area contributed by atoms with E-state index in [0.29, 0.717) is 0 Å². The highest BCUT2D eigenvalue weighted by molar-refractivity contribution is 6.22. The molecule has 0 unspecified atom stereocenters. The average molecular weight is 336 g/mol.